The molecule has 0 amide bonds. The molecule has 12 nitrogen and oxygen atoms in total. The molecule has 0 saturated carbocycles. The van der Waals surface area contributed by atoms with Gasteiger partial charge in [-0.3, -0.25) is 14.8 Å². The number of nitro groups is 1. The van der Waals surface area contributed by atoms with E-state index >= 15 is 0 Å². The maximum absolute atomic E-state index is 13.7. The molecule has 1 saturated heterocycles. The first-order valence-electron chi connectivity index (χ1n) is 19.7. The second kappa shape index (κ2) is 20.8. The minimum atomic E-state index is -4.26. The summed E-state index contributed by atoms with van der Waals surface area (Å²) in [5, 5.41) is 23.9. The van der Waals surface area contributed by atoms with Gasteiger partial charge in [-0.1, -0.05) is 66.2 Å². The van der Waals surface area contributed by atoms with E-state index in [9.17, 15) is 18.5 Å². The Hall–Kier alpha value is -5.25. The monoisotopic (exact) mass is 867 g/mol. The summed E-state index contributed by atoms with van der Waals surface area (Å²) >= 11 is 7.81. The quantitative estimate of drug-likeness (QED) is 0.0485. The third-order valence-corrected chi connectivity index (χ3v) is 13.2. The smallest absolute Gasteiger partial charge is 0.293 e. The Morgan fingerprint density at radius 1 is 0.933 bits per heavy atom. The fourth-order valence-electron chi connectivity index (χ4n) is 7.32. The topological polar surface area (TPSA) is 154 Å². The summed E-state index contributed by atoms with van der Waals surface area (Å²) in [6.07, 6.45) is 5.12. The molecule has 5 aromatic carbocycles. The molecule has 0 spiro atoms. The van der Waals surface area contributed by atoms with Crippen LogP contribution in [0.3, 0.4) is 0 Å². The number of sulfonamides is 1. The van der Waals surface area contributed by atoms with Gasteiger partial charge in [-0.05, 0) is 124 Å². The van der Waals surface area contributed by atoms with Crippen molar-refractivity contribution in [3.63, 3.8) is 0 Å². The average Bonchev–Trinajstić information content (AvgIpc) is 3.26. The fraction of sp³-hybridized carbons (Fsp3) is 0.289. The molecule has 1 fully saturated rings. The van der Waals surface area contributed by atoms with Crippen LogP contribution in [0.1, 0.15) is 24.8 Å². The highest BCUT2D eigenvalue weighted by Crippen LogP contribution is 2.34. The molecular weight excluding hydrogens is 818 g/mol. The Bertz CT molecular complexity index is 2470. The largest absolute Gasteiger partial charge is 0.400 e. The van der Waals surface area contributed by atoms with Crippen LogP contribution in [-0.2, 0) is 16.4 Å². The van der Waals surface area contributed by atoms with Crippen molar-refractivity contribution in [1.29, 1.82) is 0 Å². The lowest BCUT2D eigenvalue weighted by Crippen LogP contribution is -2.34. The predicted molar refractivity (Wildman–Crippen MR) is 245 cm³/mol. The van der Waals surface area contributed by atoms with Gasteiger partial charge >= 0.3 is 0 Å². The highest BCUT2D eigenvalue weighted by Gasteiger charge is 2.26. The molecule has 6 aromatic rings. The second-order valence-electron chi connectivity index (χ2n) is 14.8. The van der Waals surface area contributed by atoms with Gasteiger partial charge in [0.1, 0.15) is 12.0 Å². The first-order chi connectivity index (χ1) is 29.0. The van der Waals surface area contributed by atoms with Crippen molar-refractivity contribution in [1.82, 2.24) is 14.9 Å². The van der Waals surface area contributed by atoms with Crippen LogP contribution in [0.15, 0.2) is 131 Å². The third kappa shape index (κ3) is 11.5. The predicted octanol–water partition coefficient (Wildman–Crippen LogP) is 9.25. The Balaban J connectivity index is 0.00000297. The fourth-order valence-corrected chi connectivity index (χ4v) is 9.49. The molecule has 3 N–H and O–H groups in total. The third-order valence-electron chi connectivity index (χ3n) is 10.5. The molecule has 0 bridgehead atoms. The zero-order chi connectivity index (χ0) is 42.6. The highest BCUT2D eigenvalue weighted by atomic mass is 35.5. The van der Waals surface area contributed by atoms with Crippen LogP contribution >= 0.6 is 23.4 Å². The lowest BCUT2D eigenvalue weighted by Gasteiger charge is -2.34. The van der Waals surface area contributed by atoms with E-state index in [1.54, 1.807) is 11.8 Å². The molecule has 1 aliphatic heterocycles. The molecule has 7 rings (SSSR count). The van der Waals surface area contributed by atoms with E-state index in [-0.39, 0.29) is 28.1 Å². The average molecular weight is 869 g/mol. The maximum atomic E-state index is 13.7. The Kier molecular flexibility index (Phi) is 15.4. The molecule has 0 radical (unpaired) electrons. The molecule has 1 aliphatic rings. The summed E-state index contributed by atoms with van der Waals surface area (Å²) in [5.41, 5.74) is 5.26. The summed E-state index contributed by atoms with van der Waals surface area (Å²) < 4.78 is 30.1. The lowest BCUT2D eigenvalue weighted by atomic mass is 9.87. The van der Waals surface area contributed by atoms with E-state index < -0.39 is 14.9 Å². The summed E-state index contributed by atoms with van der Waals surface area (Å²) in [5.74, 6) is 1.30. The Labute approximate surface area is 361 Å². The van der Waals surface area contributed by atoms with Gasteiger partial charge in [0, 0.05) is 59.1 Å². The summed E-state index contributed by atoms with van der Waals surface area (Å²) in [6, 6.07) is 36.1. The first-order valence-corrected chi connectivity index (χ1v) is 22.6. The van der Waals surface area contributed by atoms with Crippen molar-refractivity contribution in [3.8, 4) is 11.1 Å². The van der Waals surface area contributed by atoms with E-state index in [0.717, 1.165) is 79.7 Å². The van der Waals surface area contributed by atoms with Crippen LogP contribution in [0.2, 0.25) is 5.02 Å². The van der Waals surface area contributed by atoms with Gasteiger partial charge in [0.2, 0.25) is 0 Å². The van der Waals surface area contributed by atoms with Crippen LogP contribution in [0.25, 0.3) is 22.0 Å². The van der Waals surface area contributed by atoms with Crippen LogP contribution in [-0.4, -0.2) is 85.9 Å². The molecule has 60 heavy (non-hydrogen) atoms. The number of thioether (sulfide) groups is 1. The molecule has 1 unspecified atom stereocenters. The minimum Gasteiger partial charge on any atom is -0.400 e. The number of nitrogens with zero attached hydrogens (tertiary/aromatic N) is 5. The number of piperidine rings is 1. The number of nitrogens with one attached hydrogen (secondary N) is 2. The standard InChI is InChI=1S/C44H46ClN7O4S2.CH4O/c1-50(2)23-22-35(29-57-37-9-4-3-5-10-37)48-41-19-17-38(28-43(41)52(53)54)58(55,56)49-44-40-18-16-36(27-42(40)46-30-47-44)51-24-20-31(21-25-51)26-33-8-6-7-11-39(33)32-12-14-34(45)15-13-32;1-2/h3-19,27-28,30-31,35,48H,20-26,29H2,1-2H3,(H,46,47,49);2H,1H3. The molecule has 314 valence electrons. The van der Waals surface area contributed by atoms with Gasteiger partial charge in [-0.2, -0.15) is 0 Å². The van der Waals surface area contributed by atoms with E-state index in [4.69, 9.17) is 16.7 Å². The van der Waals surface area contributed by atoms with Crippen molar-refractivity contribution < 1.29 is 18.4 Å². The number of fused-ring (bicyclic) bond motifs is 1. The molecule has 15 heteroatoms. The number of aliphatic hydroxyl groups excluding tert-OH is 1. The lowest BCUT2D eigenvalue weighted by molar-refractivity contribution is -0.384. The zero-order valence-corrected chi connectivity index (χ0v) is 36.3. The summed E-state index contributed by atoms with van der Waals surface area (Å²) in [4.78, 5) is 25.7. The van der Waals surface area contributed by atoms with Gasteiger partial charge in [0.25, 0.3) is 15.7 Å². The van der Waals surface area contributed by atoms with Gasteiger partial charge in [-0.15, -0.1) is 11.8 Å². The van der Waals surface area contributed by atoms with Crippen LogP contribution < -0.4 is 14.9 Å². The summed E-state index contributed by atoms with van der Waals surface area (Å²) in [7, 11) is 0.698. The van der Waals surface area contributed by atoms with Gasteiger partial charge in [0.05, 0.1) is 15.3 Å². The molecular formula is C45H50ClN7O5S2. The van der Waals surface area contributed by atoms with Gasteiger partial charge in [0.15, 0.2) is 5.82 Å². The van der Waals surface area contributed by atoms with E-state index in [1.165, 1.54) is 29.6 Å². The number of anilines is 3. The molecule has 0 aliphatic carbocycles. The Morgan fingerprint density at radius 3 is 2.37 bits per heavy atom. The molecule has 1 aromatic heterocycles. The number of benzene rings is 5. The van der Waals surface area contributed by atoms with E-state index in [2.05, 4.69) is 66.2 Å². The number of rotatable bonds is 16. The van der Waals surface area contributed by atoms with Crippen molar-refractivity contribution in [2.45, 2.75) is 41.5 Å². The highest BCUT2D eigenvalue weighted by molar-refractivity contribution is 7.99. The van der Waals surface area contributed by atoms with Crippen molar-refractivity contribution in [2.75, 3.05) is 61.5 Å². The number of hydrogen-bond acceptors (Lipinski definition) is 11. The summed E-state index contributed by atoms with van der Waals surface area (Å²) in [6.45, 7) is 2.54. The van der Waals surface area contributed by atoms with E-state index in [1.807, 2.05) is 74.8 Å². The van der Waals surface area contributed by atoms with Crippen molar-refractivity contribution in [3.05, 3.63) is 142 Å². The number of hydrogen-bond donors (Lipinski definition) is 3. The van der Waals surface area contributed by atoms with Crippen molar-refractivity contribution >= 4 is 67.2 Å². The van der Waals surface area contributed by atoms with Crippen molar-refractivity contribution in [2.24, 2.45) is 5.92 Å². The van der Waals surface area contributed by atoms with E-state index in [0.29, 0.717) is 22.6 Å². The van der Waals surface area contributed by atoms with Crippen LogP contribution in [0.4, 0.5) is 22.9 Å². The number of aromatic nitrogens is 2. The molecule has 1 atom stereocenters. The van der Waals surface area contributed by atoms with Crippen LogP contribution in [0, 0.1) is 16.0 Å². The van der Waals surface area contributed by atoms with Gasteiger partial charge < -0.3 is 20.2 Å². The van der Waals surface area contributed by atoms with Crippen LogP contribution in [0.5, 0.6) is 0 Å². The number of halogens is 1. The normalized spacial score (nSPS) is 13.7. The second-order valence-corrected chi connectivity index (χ2v) is 18.0. The first kappa shape index (κ1) is 44.3. The van der Waals surface area contributed by atoms with Gasteiger partial charge in [-0.25, -0.2) is 18.4 Å². The SMILES string of the molecule is CN(C)CCC(CSc1ccccc1)Nc1ccc(S(=O)(=O)Nc2ncnc3cc(N4CCC(Cc5ccccc5-c5ccc(Cl)cc5)CC4)ccc23)cc1[N+](=O)[O-].CO. The minimum absolute atomic E-state index is 0.0983. The number of aliphatic hydroxyl groups is 1. The number of nitro benzene ring substituents is 1. The zero-order valence-electron chi connectivity index (χ0n) is 33.9. The maximum Gasteiger partial charge on any atom is 0.293 e. The Morgan fingerprint density at radius 2 is 1.65 bits per heavy atom. The molecule has 2 heterocycles.